The van der Waals surface area contributed by atoms with E-state index >= 15 is 0 Å². The maximum absolute atomic E-state index is 12.8. The topological polar surface area (TPSA) is 56.5 Å². The van der Waals surface area contributed by atoms with Crippen molar-refractivity contribution in [2.75, 3.05) is 6.61 Å². The summed E-state index contributed by atoms with van der Waals surface area (Å²) in [7, 11) is 0. The van der Waals surface area contributed by atoms with Gasteiger partial charge in [-0.15, -0.1) is 0 Å². The molecule has 0 N–H and O–H groups in total. The number of furan rings is 1. The Morgan fingerprint density at radius 1 is 1.00 bits per heavy atom. The van der Waals surface area contributed by atoms with E-state index in [4.69, 9.17) is 20.8 Å². The summed E-state index contributed by atoms with van der Waals surface area (Å²) in [5, 5.41) is 0.549. The van der Waals surface area contributed by atoms with Crippen LogP contribution in [-0.4, -0.2) is 18.4 Å². The Morgan fingerprint density at radius 2 is 1.70 bits per heavy atom. The highest BCUT2D eigenvalue weighted by atomic mass is 35.5. The number of esters is 1. The molecule has 0 aliphatic carbocycles. The lowest BCUT2D eigenvalue weighted by Crippen LogP contribution is -2.16. The molecule has 4 nitrogen and oxygen atoms in total. The summed E-state index contributed by atoms with van der Waals surface area (Å²) in [5.74, 6) is -0.216. The molecule has 1 aromatic heterocycles. The zero-order valence-corrected chi connectivity index (χ0v) is 15.4. The maximum Gasteiger partial charge on any atom is 0.342 e. The number of rotatable bonds is 6. The summed E-state index contributed by atoms with van der Waals surface area (Å²) in [6.45, 7) is 1.85. The molecule has 0 amide bonds. The van der Waals surface area contributed by atoms with E-state index in [9.17, 15) is 9.59 Å². The molecule has 0 atom stereocenters. The quantitative estimate of drug-likeness (QED) is 0.188. The molecule has 3 aromatic rings. The molecular weight excluding hydrogens is 364 g/mol. The van der Waals surface area contributed by atoms with Crippen molar-refractivity contribution in [2.24, 2.45) is 0 Å². The van der Waals surface area contributed by atoms with Crippen molar-refractivity contribution >= 4 is 29.4 Å². The highest BCUT2D eigenvalue weighted by Crippen LogP contribution is 2.30. The summed E-state index contributed by atoms with van der Waals surface area (Å²) in [6, 6.07) is 19.2. The molecule has 0 bridgehead atoms. The molecule has 0 saturated heterocycles. The van der Waals surface area contributed by atoms with Gasteiger partial charge in [0, 0.05) is 11.1 Å². The lowest BCUT2D eigenvalue weighted by molar-refractivity contribution is -0.137. The fourth-order valence-electron chi connectivity index (χ4n) is 2.55. The van der Waals surface area contributed by atoms with Crippen LogP contribution in [0.4, 0.5) is 0 Å². The van der Waals surface area contributed by atoms with Crippen LogP contribution in [0.1, 0.15) is 23.0 Å². The lowest BCUT2D eigenvalue weighted by atomic mass is 10.0. The average Bonchev–Trinajstić information content (AvgIpc) is 3.15. The Hall–Kier alpha value is -3.11. The van der Waals surface area contributed by atoms with Crippen LogP contribution < -0.4 is 0 Å². The normalized spacial score (nSPS) is 11.3. The molecule has 0 saturated carbocycles. The first-order chi connectivity index (χ1) is 13.1. The minimum atomic E-state index is -0.693. The largest absolute Gasteiger partial charge is 0.462 e. The van der Waals surface area contributed by atoms with Crippen LogP contribution in [-0.2, 0) is 9.53 Å². The van der Waals surface area contributed by atoms with Crippen LogP contribution in [0.3, 0.4) is 0 Å². The number of halogens is 1. The van der Waals surface area contributed by atoms with Gasteiger partial charge in [0.15, 0.2) is 5.78 Å². The van der Waals surface area contributed by atoms with Gasteiger partial charge in [0.2, 0.25) is 0 Å². The van der Waals surface area contributed by atoms with E-state index in [1.807, 2.05) is 18.2 Å². The Labute approximate surface area is 162 Å². The Balaban J connectivity index is 1.98. The van der Waals surface area contributed by atoms with Gasteiger partial charge in [-0.05, 0) is 37.3 Å². The molecule has 0 aliphatic rings. The molecule has 0 fully saturated rings. The number of benzene rings is 2. The molecule has 1 heterocycles. The zero-order chi connectivity index (χ0) is 19.2. The Bertz CT molecular complexity index is 986. The minimum absolute atomic E-state index is 0.0943. The molecular formula is C22H17ClO4. The summed E-state index contributed by atoms with van der Waals surface area (Å²) >= 11 is 6.19. The van der Waals surface area contributed by atoms with Gasteiger partial charge in [-0.3, -0.25) is 4.79 Å². The number of ether oxygens (including phenoxy) is 1. The molecule has 5 heteroatoms. The Kier molecular flexibility index (Phi) is 5.89. The van der Waals surface area contributed by atoms with Crippen LogP contribution >= 0.6 is 11.6 Å². The Morgan fingerprint density at radius 3 is 2.41 bits per heavy atom. The van der Waals surface area contributed by atoms with Crippen LogP contribution in [0.2, 0.25) is 5.02 Å². The second-order valence-corrected chi connectivity index (χ2v) is 6.06. The van der Waals surface area contributed by atoms with Gasteiger partial charge in [-0.25, -0.2) is 4.79 Å². The van der Waals surface area contributed by atoms with Gasteiger partial charge in [-0.1, -0.05) is 54.1 Å². The number of Topliss-reactive ketones (excluding diaryl/α,β-unsaturated/α-hetero) is 1. The first kappa shape index (κ1) is 18.7. The van der Waals surface area contributed by atoms with Crippen molar-refractivity contribution in [1.29, 1.82) is 0 Å². The first-order valence-electron chi connectivity index (χ1n) is 8.43. The SMILES string of the molecule is CCOC(=O)/C(=C\c1ccc(-c2ccccc2Cl)o1)C(=O)c1ccccc1. The molecule has 3 rings (SSSR count). The number of carbonyl (C=O) groups excluding carboxylic acids is 2. The van der Waals surface area contributed by atoms with Crippen LogP contribution in [0, 0.1) is 0 Å². The van der Waals surface area contributed by atoms with Crippen molar-refractivity contribution in [3.63, 3.8) is 0 Å². The van der Waals surface area contributed by atoms with E-state index in [1.165, 1.54) is 6.08 Å². The minimum Gasteiger partial charge on any atom is -0.462 e. The van der Waals surface area contributed by atoms with Crippen molar-refractivity contribution in [1.82, 2.24) is 0 Å². The molecule has 136 valence electrons. The number of carbonyl (C=O) groups is 2. The predicted molar refractivity (Wildman–Crippen MR) is 105 cm³/mol. The maximum atomic E-state index is 12.8. The van der Waals surface area contributed by atoms with Gasteiger partial charge in [-0.2, -0.15) is 0 Å². The van der Waals surface area contributed by atoms with E-state index in [2.05, 4.69) is 0 Å². The van der Waals surface area contributed by atoms with Gasteiger partial charge in [0.05, 0.1) is 11.6 Å². The number of ketones is 1. The predicted octanol–water partition coefficient (Wildman–Crippen LogP) is 5.43. The smallest absolute Gasteiger partial charge is 0.342 e. The molecule has 27 heavy (non-hydrogen) atoms. The average molecular weight is 381 g/mol. The van der Waals surface area contributed by atoms with Crippen molar-refractivity contribution < 1.29 is 18.7 Å². The van der Waals surface area contributed by atoms with E-state index in [0.29, 0.717) is 22.1 Å². The van der Waals surface area contributed by atoms with Crippen LogP contribution in [0.15, 0.2) is 76.7 Å². The van der Waals surface area contributed by atoms with E-state index in [-0.39, 0.29) is 12.2 Å². The highest BCUT2D eigenvalue weighted by molar-refractivity contribution is 6.33. The zero-order valence-electron chi connectivity index (χ0n) is 14.6. The summed E-state index contributed by atoms with van der Waals surface area (Å²) < 4.78 is 10.8. The van der Waals surface area contributed by atoms with E-state index < -0.39 is 11.8 Å². The molecule has 2 aromatic carbocycles. The van der Waals surface area contributed by atoms with Crippen molar-refractivity contribution in [3.05, 3.63) is 88.6 Å². The molecule has 0 radical (unpaired) electrons. The first-order valence-corrected chi connectivity index (χ1v) is 8.81. The number of hydrogen-bond donors (Lipinski definition) is 0. The van der Waals surface area contributed by atoms with E-state index in [0.717, 1.165) is 5.56 Å². The van der Waals surface area contributed by atoms with Crippen molar-refractivity contribution in [2.45, 2.75) is 6.92 Å². The lowest BCUT2D eigenvalue weighted by Gasteiger charge is -2.06. The third-order valence-electron chi connectivity index (χ3n) is 3.83. The van der Waals surface area contributed by atoms with Crippen molar-refractivity contribution in [3.8, 4) is 11.3 Å². The molecule has 0 unspecified atom stereocenters. The third kappa shape index (κ3) is 4.36. The second kappa shape index (κ2) is 8.52. The monoisotopic (exact) mass is 380 g/mol. The number of hydrogen-bond acceptors (Lipinski definition) is 4. The summed E-state index contributed by atoms with van der Waals surface area (Å²) in [5.41, 5.74) is 1.03. The van der Waals surface area contributed by atoms with Gasteiger partial charge >= 0.3 is 5.97 Å². The van der Waals surface area contributed by atoms with Gasteiger partial charge in [0.25, 0.3) is 0 Å². The van der Waals surface area contributed by atoms with Gasteiger partial charge in [0.1, 0.15) is 17.1 Å². The standard InChI is InChI=1S/C22H17ClO4/c1-2-26-22(25)18(21(24)15-8-4-3-5-9-15)14-16-12-13-20(27-16)17-10-6-7-11-19(17)23/h3-14H,2H2,1H3/b18-14-. The summed E-state index contributed by atoms with van der Waals surface area (Å²) in [4.78, 5) is 25.1. The highest BCUT2D eigenvalue weighted by Gasteiger charge is 2.22. The van der Waals surface area contributed by atoms with Gasteiger partial charge < -0.3 is 9.15 Å². The summed E-state index contributed by atoms with van der Waals surface area (Å²) in [6.07, 6.45) is 1.40. The van der Waals surface area contributed by atoms with Crippen LogP contribution in [0.5, 0.6) is 0 Å². The van der Waals surface area contributed by atoms with E-state index in [1.54, 1.807) is 55.5 Å². The third-order valence-corrected chi connectivity index (χ3v) is 4.16. The second-order valence-electron chi connectivity index (χ2n) is 5.66. The van der Waals surface area contributed by atoms with Crippen LogP contribution in [0.25, 0.3) is 17.4 Å². The fraction of sp³-hybridized carbons (Fsp3) is 0.0909. The fourth-order valence-corrected chi connectivity index (χ4v) is 2.78. The molecule has 0 aliphatic heterocycles. The molecule has 0 spiro atoms.